The minimum atomic E-state index is -0.611. The van der Waals surface area contributed by atoms with Crippen LogP contribution >= 0.6 is 0 Å². The zero-order valence-electron chi connectivity index (χ0n) is 17.0. The Morgan fingerprint density at radius 1 is 1.30 bits per heavy atom. The lowest BCUT2D eigenvalue weighted by molar-refractivity contribution is -0.126. The molecule has 30 heavy (non-hydrogen) atoms. The molecule has 1 fully saturated rings. The number of hydroxylamine groups is 1. The maximum Gasteiger partial charge on any atom is 0.294 e. The maximum atomic E-state index is 12.8. The molecule has 2 amide bonds. The monoisotopic (exact) mass is 413 g/mol. The van der Waals surface area contributed by atoms with Crippen LogP contribution in [-0.4, -0.2) is 56.1 Å². The molecule has 0 bridgehead atoms. The second-order valence-corrected chi connectivity index (χ2v) is 8.20. The molecule has 0 aromatic carbocycles. The number of pyridine rings is 1. The summed E-state index contributed by atoms with van der Waals surface area (Å²) >= 11 is 0. The molecule has 10 nitrogen and oxygen atoms in total. The molecule has 1 saturated heterocycles. The molecule has 2 aliphatic rings. The number of aromatic nitrogens is 3. The lowest BCUT2D eigenvalue weighted by Gasteiger charge is -2.32. The number of carbonyl (C=O) groups excluding carboxylic acids is 2. The lowest BCUT2D eigenvalue weighted by Crippen LogP contribution is -2.43. The Labute approximate surface area is 174 Å². The van der Waals surface area contributed by atoms with Gasteiger partial charge in [-0.1, -0.05) is 6.92 Å². The van der Waals surface area contributed by atoms with Crippen molar-refractivity contribution in [3.05, 3.63) is 41.6 Å². The van der Waals surface area contributed by atoms with Crippen molar-refractivity contribution in [2.45, 2.75) is 39.4 Å². The number of rotatable bonds is 5. The third-order valence-electron chi connectivity index (χ3n) is 5.94. The summed E-state index contributed by atoms with van der Waals surface area (Å²) in [5.74, 6) is 0.752. The molecule has 2 aromatic rings. The van der Waals surface area contributed by atoms with Crippen LogP contribution in [0.15, 0.2) is 24.5 Å². The number of fused-ring (bicyclic) bond motifs is 1. The Bertz CT molecular complexity index is 936. The van der Waals surface area contributed by atoms with Crippen LogP contribution in [0.5, 0.6) is 0 Å². The van der Waals surface area contributed by atoms with Gasteiger partial charge in [0, 0.05) is 37.4 Å². The zero-order valence-corrected chi connectivity index (χ0v) is 17.0. The maximum absolute atomic E-state index is 12.8. The first kappa shape index (κ1) is 20.5. The third-order valence-corrected chi connectivity index (χ3v) is 5.94. The Hall–Kier alpha value is -2.82. The van der Waals surface area contributed by atoms with Gasteiger partial charge in [0.25, 0.3) is 5.91 Å². The zero-order chi connectivity index (χ0) is 21.1. The summed E-state index contributed by atoms with van der Waals surface area (Å²) in [6, 6.07) is 3.85. The van der Waals surface area contributed by atoms with Gasteiger partial charge in [0.05, 0.1) is 6.54 Å². The van der Waals surface area contributed by atoms with Crippen LogP contribution in [-0.2, 0) is 24.4 Å². The van der Waals surface area contributed by atoms with Gasteiger partial charge in [-0.2, -0.15) is 0 Å². The molecule has 0 aliphatic carbocycles. The minimum Gasteiger partial charge on any atom is -0.332 e. The Kier molecular flexibility index (Phi) is 5.80. The van der Waals surface area contributed by atoms with Crippen molar-refractivity contribution in [3.8, 4) is 0 Å². The molecule has 4 rings (SSSR count). The van der Waals surface area contributed by atoms with Crippen molar-refractivity contribution >= 4 is 17.6 Å². The summed E-state index contributed by atoms with van der Waals surface area (Å²) in [5.41, 5.74) is 2.50. The smallest absolute Gasteiger partial charge is 0.294 e. The summed E-state index contributed by atoms with van der Waals surface area (Å²) in [4.78, 5) is 35.2. The molecule has 4 N–H and O–H groups in total. The minimum absolute atomic E-state index is 0.0170. The first-order chi connectivity index (χ1) is 14.5. The van der Waals surface area contributed by atoms with E-state index in [4.69, 9.17) is 5.21 Å². The molecule has 0 saturated carbocycles. The molecular formula is C20H27N7O3. The van der Waals surface area contributed by atoms with Crippen molar-refractivity contribution in [1.29, 1.82) is 0 Å². The molecule has 0 atom stereocenters. The summed E-state index contributed by atoms with van der Waals surface area (Å²) in [7, 11) is 0. The van der Waals surface area contributed by atoms with Crippen LogP contribution in [0.4, 0.5) is 5.82 Å². The SMILES string of the molecule is CC1(C(=O)Nc2cc(CN3CCn4cc(C(=O)NO)nc4C3)ccn2)CCNCC1. The standard InChI is InChI=1S/C20H27N7O3/c1-20(3-6-21-7-4-20)19(29)24-16-10-14(2-5-22-16)11-26-8-9-27-12-15(18(28)25-30)23-17(27)13-26/h2,5,10,12,21,30H,3-4,6-9,11,13H2,1H3,(H,25,28)(H,22,24,29). The van der Waals surface area contributed by atoms with E-state index in [9.17, 15) is 9.59 Å². The van der Waals surface area contributed by atoms with E-state index in [1.807, 2.05) is 23.6 Å². The van der Waals surface area contributed by atoms with Gasteiger partial charge in [-0.3, -0.25) is 19.7 Å². The fourth-order valence-corrected chi connectivity index (χ4v) is 3.98. The second-order valence-electron chi connectivity index (χ2n) is 8.20. The number of hydrogen-bond donors (Lipinski definition) is 4. The van der Waals surface area contributed by atoms with E-state index in [1.165, 1.54) is 0 Å². The molecule has 0 unspecified atom stereocenters. The van der Waals surface area contributed by atoms with Crippen molar-refractivity contribution in [3.63, 3.8) is 0 Å². The largest absolute Gasteiger partial charge is 0.332 e. The molecule has 10 heteroatoms. The van der Waals surface area contributed by atoms with Crippen LogP contribution in [0.3, 0.4) is 0 Å². The van der Waals surface area contributed by atoms with Crippen LogP contribution in [0, 0.1) is 5.41 Å². The quantitative estimate of drug-likeness (QED) is 0.421. The summed E-state index contributed by atoms with van der Waals surface area (Å²) < 4.78 is 1.93. The van der Waals surface area contributed by atoms with E-state index >= 15 is 0 Å². The Morgan fingerprint density at radius 2 is 2.10 bits per heavy atom. The molecule has 4 heterocycles. The van der Waals surface area contributed by atoms with E-state index in [1.54, 1.807) is 17.9 Å². The normalized spacial score (nSPS) is 18.5. The number of piperidine rings is 1. The van der Waals surface area contributed by atoms with Crippen molar-refractivity contribution in [1.82, 2.24) is 30.2 Å². The van der Waals surface area contributed by atoms with Gasteiger partial charge in [-0.15, -0.1) is 0 Å². The van der Waals surface area contributed by atoms with Crippen LogP contribution in [0.2, 0.25) is 0 Å². The number of carbonyl (C=O) groups is 2. The first-order valence-corrected chi connectivity index (χ1v) is 10.2. The number of nitrogens with zero attached hydrogens (tertiary/aromatic N) is 4. The van der Waals surface area contributed by atoms with Gasteiger partial charge in [0.15, 0.2) is 0 Å². The van der Waals surface area contributed by atoms with E-state index in [0.717, 1.165) is 43.9 Å². The molecular weight excluding hydrogens is 386 g/mol. The third kappa shape index (κ3) is 4.35. The highest BCUT2D eigenvalue weighted by Crippen LogP contribution is 2.29. The number of imidazole rings is 1. The highest BCUT2D eigenvalue weighted by atomic mass is 16.5. The molecule has 2 aliphatic heterocycles. The van der Waals surface area contributed by atoms with Crippen LogP contribution in [0.25, 0.3) is 0 Å². The fourth-order valence-electron chi connectivity index (χ4n) is 3.98. The fraction of sp³-hybridized carbons (Fsp3) is 0.500. The summed E-state index contributed by atoms with van der Waals surface area (Å²) in [6.45, 7) is 6.50. The molecule has 2 aromatic heterocycles. The van der Waals surface area contributed by atoms with E-state index in [0.29, 0.717) is 25.5 Å². The van der Waals surface area contributed by atoms with Gasteiger partial charge in [-0.25, -0.2) is 15.4 Å². The number of amides is 2. The predicted octanol–water partition coefficient (Wildman–Crippen LogP) is 0.741. The van der Waals surface area contributed by atoms with Gasteiger partial charge >= 0.3 is 0 Å². The van der Waals surface area contributed by atoms with Gasteiger partial charge < -0.3 is 15.2 Å². The second kappa shape index (κ2) is 8.50. The van der Waals surface area contributed by atoms with Crippen LogP contribution in [0.1, 0.15) is 41.6 Å². The Balaban J connectivity index is 1.39. The number of hydrogen-bond acceptors (Lipinski definition) is 7. The van der Waals surface area contributed by atoms with Gasteiger partial charge in [-0.05, 0) is 43.6 Å². The van der Waals surface area contributed by atoms with Crippen molar-refractivity contribution < 1.29 is 14.8 Å². The van der Waals surface area contributed by atoms with E-state index < -0.39 is 5.91 Å². The summed E-state index contributed by atoms with van der Waals surface area (Å²) in [6.07, 6.45) is 4.99. The predicted molar refractivity (Wildman–Crippen MR) is 109 cm³/mol. The van der Waals surface area contributed by atoms with E-state index in [2.05, 4.69) is 25.5 Å². The summed E-state index contributed by atoms with van der Waals surface area (Å²) in [5, 5.41) is 15.1. The molecule has 0 spiro atoms. The van der Waals surface area contributed by atoms with Crippen molar-refractivity contribution in [2.24, 2.45) is 5.41 Å². The average Bonchev–Trinajstić information content (AvgIpc) is 3.17. The van der Waals surface area contributed by atoms with Crippen molar-refractivity contribution in [2.75, 3.05) is 25.0 Å². The van der Waals surface area contributed by atoms with Gasteiger partial charge in [0.1, 0.15) is 17.3 Å². The van der Waals surface area contributed by atoms with Crippen LogP contribution < -0.4 is 16.1 Å². The molecule has 160 valence electrons. The Morgan fingerprint density at radius 3 is 2.87 bits per heavy atom. The first-order valence-electron chi connectivity index (χ1n) is 10.2. The number of nitrogens with one attached hydrogen (secondary N) is 3. The number of anilines is 1. The van der Waals surface area contributed by atoms with Gasteiger partial charge in [0.2, 0.25) is 5.91 Å². The topological polar surface area (TPSA) is 124 Å². The highest BCUT2D eigenvalue weighted by molar-refractivity contribution is 5.94. The molecule has 0 radical (unpaired) electrons. The van der Waals surface area contributed by atoms with E-state index in [-0.39, 0.29) is 17.0 Å². The average molecular weight is 413 g/mol. The highest BCUT2D eigenvalue weighted by Gasteiger charge is 2.34. The lowest BCUT2D eigenvalue weighted by atomic mass is 9.80.